The number of phosphoric acid groups is 3. The van der Waals surface area contributed by atoms with Crippen molar-refractivity contribution in [3.63, 3.8) is 0 Å². The molecule has 2 unspecified atom stereocenters. The third kappa shape index (κ3) is 8.05. The summed E-state index contributed by atoms with van der Waals surface area (Å²) in [5, 5.41) is 21.2. The zero-order chi connectivity index (χ0) is 30.9. The van der Waals surface area contributed by atoms with Crippen LogP contribution in [0.1, 0.15) is 28.8 Å². The fraction of sp³-hybridized carbons (Fsp3) is 0.273. The van der Waals surface area contributed by atoms with Crippen LogP contribution < -0.4 is 5.69 Å². The first-order chi connectivity index (χ1) is 19.6. The fourth-order valence-corrected chi connectivity index (χ4v) is 7.59. The van der Waals surface area contributed by atoms with E-state index in [1.165, 1.54) is 6.20 Å². The zero-order valence-corrected chi connectivity index (χ0v) is 24.6. The van der Waals surface area contributed by atoms with E-state index in [1.807, 2.05) is 60.7 Å². The molecule has 20 heteroatoms. The van der Waals surface area contributed by atoms with Gasteiger partial charge in [-0.25, -0.2) is 18.5 Å². The maximum Gasteiger partial charge on any atom is 0.490 e. The minimum Gasteiger partial charge on any atom is -0.387 e. The van der Waals surface area contributed by atoms with Crippen molar-refractivity contribution in [1.29, 1.82) is 0 Å². The number of aliphatic hydroxyl groups excluding tert-OH is 2. The normalized spacial score (nSPS) is 23.9. The topological polar surface area (TPSA) is 247 Å². The number of nitrogens with one attached hydrogen (secondary N) is 1. The molecule has 0 bridgehead atoms. The van der Waals surface area contributed by atoms with Crippen molar-refractivity contribution in [1.82, 2.24) is 9.55 Å². The van der Waals surface area contributed by atoms with Crippen molar-refractivity contribution < 1.29 is 61.4 Å². The Kier molecular flexibility index (Phi) is 10.00. The minimum absolute atomic E-state index is 0.103. The van der Waals surface area contributed by atoms with Crippen LogP contribution in [0.3, 0.4) is 0 Å². The van der Waals surface area contributed by atoms with Crippen molar-refractivity contribution in [3.05, 3.63) is 98.7 Å². The molecular formula is C22H25N2O14P3S. The number of hydrogen-bond donors (Lipinski definition) is 7. The Morgan fingerprint density at radius 2 is 1.43 bits per heavy atom. The number of aromatic nitrogens is 2. The number of benzene rings is 2. The van der Waals surface area contributed by atoms with Crippen molar-refractivity contribution in [2.45, 2.75) is 30.5 Å². The molecule has 1 aliphatic rings. The summed E-state index contributed by atoms with van der Waals surface area (Å²) in [6.45, 7) is -1.04. The molecule has 2 heterocycles. The molecule has 1 aliphatic heterocycles. The summed E-state index contributed by atoms with van der Waals surface area (Å²) in [6, 6.07) is 18.5. The second kappa shape index (κ2) is 12.8. The van der Waals surface area contributed by atoms with Crippen LogP contribution in [0.2, 0.25) is 0 Å². The van der Waals surface area contributed by atoms with E-state index in [1.54, 1.807) is 0 Å². The highest BCUT2D eigenvalue weighted by molar-refractivity contribution is 7.71. The molecule has 3 aromatic rings. The van der Waals surface area contributed by atoms with E-state index in [0.29, 0.717) is 5.56 Å². The Labute approximate surface area is 242 Å². The molecule has 2 aromatic carbocycles. The smallest absolute Gasteiger partial charge is 0.387 e. The van der Waals surface area contributed by atoms with Crippen LogP contribution in [-0.2, 0) is 31.6 Å². The van der Waals surface area contributed by atoms with E-state index < -0.39 is 66.2 Å². The Bertz CT molecular complexity index is 1620. The molecule has 1 fully saturated rings. The van der Waals surface area contributed by atoms with Crippen LogP contribution in [0.15, 0.2) is 71.7 Å². The Morgan fingerprint density at radius 3 is 1.95 bits per heavy atom. The van der Waals surface area contributed by atoms with Gasteiger partial charge in [0.05, 0.1) is 6.61 Å². The first-order valence-electron chi connectivity index (χ1n) is 11.8. The lowest BCUT2D eigenvalue weighted by Gasteiger charge is -2.23. The molecule has 6 atom stereocenters. The van der Waals surface area contributed by atoms with Crippen molar-refractivity contribution in [2.75, 3.05) is 6.61 Å². The van der Waals surface area contributed by atoms with Gasteiger partial charge >= 0.3 is 29.2 Å². The molecule has 0 saturated carbocycles. The molecule has 16 nitrogen and oxygen atoms in total. The number of nitrogens with zero attached hydrogens (tertiary/aromatic N) is 1. The summed E-state index contributed by atoms with van der Waals surface area (Å²) in [6.07, 6.45) is -5.37. The van der Waals surface area contributed by atoms with Crippen molar-refractivity contribution >= 4 is 35.7 Å². The van der Waals surface area contributed by atoms with Crippen LogP contribution in [0.25, 0.3) is 0 Å². The maximum atomic E-state index is 12.9. The van der Waals surface area contributed by atoms with E-state index in [9.17, 15) is 38.5 Å². The minimum atomic E-state index is -5.77. The summed E-state index contributed by atoms with van der Waals surface area (Å²) in [5.41, 5.74) is 1.29. The molecule has 228 valence electrons. The molecular weight excluding hydrogens is 641 g/mol. The summed E-state index contributed by atoms with van der Waals surface area (Å²) in [4.78, 5) is 51.7. The standard InChI is InChI=1S/C22H25N2O14P3S/c25-18-16(12-35-40(31,32)38-41(33,34)37-39(28,29)30)36-21(19(18)26)24-11-15(20(42)23-22(24)27)17(13-7-3-1-4-8-13)14-9-5-2-6-10-14/h1-11,16-19,21,25-26H,12H2,(H,31,32)(H,33,34)(H,23,27,42)(H2,28,29,30)/t16-,18-,19-,21-/m1/s1. The summed E-state index contributed by atoms with van der Waals surface area (Å²) >= 11 is 5.47. The number of rotatable bonds is 11. The third-order valence-electron chi connectivity index (χ3n) is 6.00. The van der Waals surface area contributed by atoms with Crippen LogP contribution in [0, 0.1) is 4.64 Å². The van der Waals surface area contributed by atoms with Gasteiger partial charge in [-0.3, -0.25) is 14.1 Å². The van der Waals surface area contributed by atoms with E-state index >= 15 is 0 Å². The Balaban J connectivity index is 1.60. The van der Waals surface area contributed by atoms with E-state index in [2.05, 4.69) is 18.1 Å². The predicted octanol–water partition coefficient (Wildman–Crippen LogP) is 2.05. The number of phosphoric ester groups is 1. The molecule has 4 rings (SSSR count). The van der Waals surface area contributed by atoms with Crippen LogP contribution in [0.4, 0.5) is 0 Å². The van der Waals surface area contributed by atoms with Gasteiger partial charge in [-0.1, -0.05) is 72.9 Å². The molecule has 7 N–H and O–H groups in total. The molecule has 1 saturated heterocycles. The number of aliphatic hydroxyl groups is 2. The highest BCUT2D eigenvalue weighted by Gasteiger charge is 2.47. The van der Waals surface area contributed by atoms with E-state index in [4.69, 9.17) is 26.7 Å². The monoisotopic (exact) mass is 666 g/mol. The number of aromatic amines is 1. The van der Waals surface area contributed by atoms with E-state index in [0.717, 1.165) is 15.7 Å². The lowest BCUT2D eigenvalue weighted by molar-refractivity contribution is -0.0543. The molecule has 0 radical (unpaired) electrons. The maximum absolute atomic E-state index is 12.9. The largest absolute Gasteiger partial charge is 0.490 e. The van der Waals surface area contributed by atoms with Gasteiger partial charge in [0.1, 0.15) is 23.0 Å². The predicted molar refractivity (Wildman–Crippen MR) is 145 cm³/mol. The van der Waals surface area contributed by atoms with Gasteiger partial charge in [0, 0.05) is 17.7 Å². The van der Waals surface area contributed by atoms with Gasteiger partial charge in [-0.15, -0.1) is 0 Å². The van der Waals surface area contributed by atoms with Gasteiger partial charge in [-0.2, -0.15) is 8.62 Å². The van der Waals surface area contributed by atoms with Crippen molar-refractivity contribution in [3.8, 4) is 0 Å². The lowest BCUT2D eigenvalue weighted by atomic mass is 9.86. The Hall–Kier alpha value is -2.17. The highest BCUT2D eigenvalue weighted by atomic mass is 32.1. The number of H-pyrrole nitrogens is 1. The van der Waals surface area contributed by atoms with Gasteiger partial charge in [0.25, 0.3) is 0 Å². The molecule has 0 amide bonds. The third-order valence-corrected chi connectivity index (χ3v) is 10.1. The van der Waals surface area contributed by atoms with Gasteiger partial charge in [0.15, 0.2) is 6.23 Å². The highest BCUT2D eigenvalue weighted by Crippen LogP contribution is 2.66. The average Bonchev–Trinajstić information content (AvgIpc) is 3.17. The number of hydrogen-bond acceptors (Lipinski definition) is 11. The van der Waals surface area contributed by atoms with Gasteiger partial charge in [-0.05, 0) is 11.1 Å². The van der Waals surface area contributed by atoms with Crippen LogP contribution in [-0.4, -0.2) is 64.3 Å². The van der Waals surface area contributed by atoms with Gasteiger partial charge < -0.3 is 34.5 Å². The SMILES string of the molecule is O=c1[nH]c(=S)c(C(c2ccccc2)c2ccccc2)cn1[C@@H]1O[C@H](COP(=O)(O)OP(=O)(O)OP(=O)(O)O)[C@@H](O)[C@H]1O. The van der Waals surface area contributed by atoms with E-state index in [-0.39, 0.29) is 4.64 Å². The first-order valence-corrected chi connectivity index (χ1v) is 16.7. The Morgan fingerprint density at radius 1 is 0.881 bits per heavy atom. The fourth-order valence-electron chi connectivity index (χ4n) is 4.31. The average molecular weight is 666 g/mol. The summed E-state index contributed by atoms with van der Waals surface area (Å²) < 4.78 is 52.8. The van der Waals surface area contributed by atoms with Crippen LogP contribution >= 0.6 is 35.7 Å². The second-order valence-corrected chi connectivity index (χ2v) is 13.8. The molecule has 0 spiro atoms. The zero-order valence-electron chi connectivity index (χ0n) is 21.1. The quantitative estimate of drug-likeness (QED) is 0.114. The molecule has 42 heavy (non-hydrogen) atoms. The first kappa shape index (κ1) is 32.7. The molecule has 1 aromatic heterocycles. The summed E-state index contributed by atoms with van der Waals surface area (Å²) in [7, 11) is -16.9. The number of ether oxygens (including phenoxy) is 1. The molecule has 0 aliphatic carbocycles. The van der Waals surface area contributed by atoms with Crippen molar-refractivity contribution in [2.24, 2.45) is 0 Å². The van der Waals surface area contributed by atoms with Gasteiger partial charge in [0.2, 0.25) is 0 Å². The second-order valence-electron chi connectivity index (χ2n) is 8.94. The van der Waals surface area contributed by atoms with Crippen LogP contribution in [0.5, 0.6) is 0 Å². The summed E-state index contributed by atoms with van der Waals surface area (Å²) in [5.74, 6) is -0.465. The lowest BCUT2D eigenvalue weighted by Crippen LogP contribution is -2.36.